The molecule has 4 aromatic rings. The fourth-order valence-corrected chi connectivity index (χ4v) is 4.89. The number of anilines is 1. The first-order valence-corrected chi connectivity index (χ1v) is 12.1. The molecular weight excluding hydrogens is 500 g/mol. The van der Waals surface area contributed by atoms with Crippen LogP contribution in [-0.4, -0.2) is 27.8 Å². The lowest BCUT2D eigenvalue weighted by Gasteiger charge is -2.46. The molecule has 1 atom stereocenters. The fourth-order valence-electron chi connectivity index (χ4n) is 4.89. The molecule has 1 heterocycles. The first kappa shape index (κ1) is 25.4. The van der Waals surface area contributed by atoms with E-state index in [0.29, 0.717) is 17.8 Å². The summed E-state index contributed by atoms with van der Waals surface area (Å²) in [6.45, 7) is 0.520. The summed E-state index contributed by atoms with van der Waals surface area (Å²) in [5, 5.41) is 23.5. The Hall–Kier alpha value is -5.25. The average Bonchev–Trinajstić information content (AvgIpc) is 2.96. The van der Waals surface area contributed by atoms with Gasteiger partial charge in [0.1, 0.15) is 6.17 Å². The molecule has 0 unspecified atom stereocenters. The second kappa shape index (κ2) is 10.6. The predicted octanol–water partition coefficient (Wildman–Crippen LogP) is 5.87. The Labute approximate surface area is 224 Å². The van der Waals surface area contributed by atoms with Crippen LogP contribution in [0.3, 0.4) is 0 Å². The molecule has 0 saturated carbocycles. The molecule has 5 rings (SSSR count). The number of nitro benzene ring substituents is 2. The summed E-state index contributed by atoms with van der Waals surface area (Å²) in [6.07, 6.45) is -0.753. The van der Waals surface area contributed by atoms with Crippen LogP contribution in [0.1, 0.15) is 33.2 Å². The van der Waals surface area contributed by atoms with Crippen LogP contribution in [0.4, 0.5) is 17.1 Å². The van der Waals surface area contributed by atoms with Crippen LogP contribution in [0.2, 0.25) is 0 Å². The minimum atomic E-state index is -0.753. The van der Waals surface area contributed by atoms with Gasteiger partial charge in [0.15, 0.2) is 5.75 Å². The van der Waals surface area contributed by atoms with Crippen molar-refractivity contribution in [2.24, 2.45) is 0 Å². The minimum Gasteiger partial charge on any atom is -0.490 e. The van der Waals surface area contributed by atoms with Crippen molar-refractivity contribution in [2.45, 2.75) is 19.3 Å². The molecule has 1 aliphatic rings. The van der Waals surface area contributed by atoms with Gasteiger partial charge in [-0.3, -0.25) is 25.0 Å². The standard InChI is InChI=1S/C29H24N4O6/c1-39-27-15-12-22(16-26(27)33(37)38)28-30(18-20-8-4-2-5-9-20)25-14-13-23(32(35)36)17-24(25)29(34)31(28)19-21-10-6-3-7-11-21/h2-17,28H,18-19H2,1H3/t28-/m1/s1. The number of fused-ring (bicyclic) bond motifs is 1. The van der Waals surface area contributed by atoms with Crippen LogP contribution >= 0.6 is 0 Å². The van der Waals surface area contributed by atoms with Gasteiger partial charge in [-0.25, -0.2) is 0 Å². The Balaban J connectivity index is 1.73. The Morgan fingerprint density at radius 3 is 1.95 bits per heavy atom. The van der Waals surface area contributed by atoms with Gasteiger partial charge in [-0.05, 0) is 23.3 Å². The van der Waals surface area contributed by atoms with Crippen molar-refractivity contribution in [3.8, 4) is 5.75 Å². The number of benzene rings is 4. The van der Waals surface area contributed by atoms with E-state index in [2.05, 4.69) is 0 Å². The van der Waals surface area contributed by atoms with E-state index in [9.17, 15) is 25.0 Å². The molecule has 0 aromatic heterocycles. The molecule has 0 saturated heterocycles. The van der Waals surface area contributed by atoms with Crippen LogP contribution < -0.4 is 9.64 Å². The van der Waals surface area contributed by atoms with Crippen LogP contribution in [0.25, 0.3) is 0 Å². The number of carbonyl (C=O) groups is 1. The highest BCUT2D eigenvalue weighted by Crippen LogP contribution is 2.43. The van der Waals surface area contributed by atoms with Gasteiger partial charge in [0.25, 0.3) is 11.6 Å². The number of ether oxygens (including phenoxy) is 1. The number of methoxy groups -OCH3 is 1. The van der Waals surface area contributed by atoms with E-state index in [-0.39, 0.29) is 29.2 Å². The summed E-state index contributed by atoms with van der Waals surface area (Å²) in [5.74, 6) is -0.309. The third-order valence-electron chi connectivity index (χ3n) is 6.67. The second-order valence-corrected chi connectivity index (χ2v) is 9.05. The predicted molar refractivity (Wildman–Crippen MR) is 144 cm³/mol. The maximum atomic E-state index is 14.0. The Morgan fingerprint density at radius 2 is 1.38 bits per heavy atom. The van der Waals surface area contributed by atoms with Gasteiger partial charge in [-0.1, -0.05) is 66.7 Å². The van der Waals surface area contributed by atoms with E-state index < -0.39 is 21.9 Å². The number of hydrogen-bond donors (Lipinski definition) is 0. The van der Waals surface area contributed by atoms with Crippen LogP contribution in [0.5, 0.6) is 5.75 Å². The molecule has 196 valence electrons. The van der Waals surface area contributed by atoms with Crippen molar-refractivity contribution >= 4 is 23.0 Å². The molecule has 1 aliphatic heterocycles. The topological polar surface area (TPSA) is 119 Å². The first-order valence-electron chi connectivity index (χ1n) is 12.1. The highest BCUT2D eigenvalue weighted by molar-refractivity contribution is 6.02. The Morgan fingerprint density at radius 1 is 0.769 bits per heavy atom. The third kappa shape index (κ3) is 4.99. The van der Waals surface area contributed by atoms with E-state index in [4.69, 9.17) is 4.74 Å². The first-order chi connectivity index (χ1) is 18.9. The normalized spacial score (nSPS) is 14.6. The highest BCUT2D eigenvalue weighted by atomic mass is 16.6. The van der Waals surface area contributed by atoms with Crippen molar-refractivity contribution in [1.82, 2.24) is 4.90 Å². The van der Waals surface area contributed by atoms with E-state index >= 15 is 0 Å². The number of nitro groups is 2. The molecule has 0 aliphatic carbocycles. The molecule has 0 spiro atoms. The van der Waals surface area contributed by atoms with E-state index in [1.165, 1.54) is 31.4 Å². The van der Waals surface area contributed by atoms with Crippen molar-refractivity contribution < 1.29 is 19.4 Å². The molecule has 0 N–H and O–H groups in total. The molecular formula is C29H24N4O6. The molecule has 0 radical (unpaired) electrons. The quantitative estimate of drug-likeness (QED) is 0.209. The molecule has 10 heteroatoms. The number of rotatable bonds is 8. The lowest BCUT2D eigenvalue weighted by atomic mass is 9.98. The van der Waals surface area contributed by atoms with E-state index in [0.717, 1.165) is 11.1 Å². The number of amides is 1. The van der Waals surface area contributed by atoms with Gasteiger partial charge in [-0.2, -0.15) is 0 Å². The zero-order valence-corrected chi connectivity index (χ0v) is 21.0. The van der Waals surface area contributed by atoms with Crippen LogP contribution in [0.15, 0.2) is 97.1 Å². The molecule has 1 amide bonds. The maximum absolute atomic E-state index is 14.0. The van der Waals surface area contributed by atoms with Gasteiger partial charge < -0.3 is 14.5 Å². The van der Waals surface area contributed by atoms with Crippen molar-refractivity contribution in [3.63, 3.8) is 0 Å². The SMILES string of the molecule is COc1ccc([C@H]2N(Cc3ccccc3)C(=O)c3cc([N+](=O)[O-])ccc3N2Cc2ccccc2)cc1[N+](=O)[O-]. The third-order valence-corrected chi connectivity index (χ3v) is 6.67. The van der Waals surface area contributed by atoms with Gasteiger partial charge >= 0.3 is 5.69 Å². The van der Waals surface area contributed by atoms with Gasteiger partial charge in [0, 0.05) is 36.9 Å². The van der Waals surface area contributed by atoms with E-state index in [1.54, 1.807) is 17.0 Å². The van der Waals surface area contributed by atoms with Crippen molar-refractivity contribution in [2.75, 3.05) is 12.0 Å². The summed E-state index contributed by atoms with van der Waals surface area (Å²) >= 11 is 0. The van der Waals surface area contributed by atoms with E-state index in [1.807, 2.05) is 65.6 Å². The van der Waals surface area contributed by atoms with Crippen molar-refractivity contribution in [3.05, 3.63) is 140 Å². The smallest absolute Gasteiger partial charge is 0.311 e. The number of non-ortho nitro benzene ring substituents is 1. The molecule has 0 bridgehead atoms. The number of nitrogens with zero attached hydrogens (tertiary/aromatic N) is 4. The summed E-state index contributed by atoms with van der Waals surface area (Å²) < 4.78 is 5.21. The van der Waals surface area contributed by atoms with Gasteiger partial charge in [-0.15, -0.1) is 0 Å². The fraction of sp³-hybridized carbons (Fsp3) is 0.138. The molecule has 4 aromatic carbocycles. The van der Waals surface area contributed by atoms with Crippen LogP contribution in [-0.2, 0) is 13.1 Å². The van der Waals surface area contributed by atoms with Crippen molar-refractivity contribution in [1.29, 1.82) is 0 Å². The lowest BCUT2D eigenvalue weighted by Crippen LogP contribution is -2.48. The monoisotopic (exact) mass is 524 g/mol. The lowest BCUT2D eigenvalue weighted by molar-refractivity contribution is -0.385. The number of carbonyl (C=O) groups excluding carboxylic acids is 1. The zero-order valence-electron chi connectivity index (χ0n) is 21.0. The summed E-state index contributed by atoms with van der Waals surface area (Å²) in [6, 6.07) is 27.8. The summed E-state index contributed by atoms with van der Waals surface area (Å²) in [5.41, 5.74) is 2.55. The molecule has 10 nitrogen and oxygen atoms in total. The van der Waals surface area contributed by atoms with Gasteiger partial charge in [0.05, 0.1) is 28.2 Å². The second-order valence-electron chi connectivity index (χ2n) is 9.05. The van der Waals surface area contributed by atoms with Gasteiger partial charge in [0.2, 0.25) is 0 Å². The maximum Gasteiger partial charge on any atom is 0.311 e. The largest absolute Gasteiger partial charge is 0.490 e. The summed E-state index contributed by atoms with van der Waals surface area (Å²) in [4.78, 5) is 40.0. The Bertz CT molecular complexity index is 1540. The molecule has 0 fully saturated rings. The zero-order chi connectivity index (χ0) is 27.5. The number of hydrogen-bond acceptors (Lipinski definition) is 7. The van der Waals surface area contributed by atoms with Crippen LogP contribution in [0, 0.1) is 20.2 Å². The summed E-state index contributed by atoms with van der Waals surface area (Å²) in [7, 11) is 1.36. The molecule has 39 heavy (non-hydrogen) atoms. The minimum absolute atomic E-state index is 0.103. The average molecular weight is 525 g/mol. The highest BCUT2D eigenvalue weighted by Gasteiger charge is 2.40. The Kier molecular flexibility index (Phi) is 6.92.